The van der Waals surface area contributed by atoms with Crippen molar-refractivity contribution in [2.45, 2.75) is 166 Å². The van der Waals surface area contributed by atoms with Gasteiger partial charge in [-0.1, -0.05) is 48.5 Å². The number of likely N-dealkylation sites (N-methyl/N-ethyl adjacent to an activating group) is 4. The maximum Gasteiger partial charge on any atom is 0.278 e. The molecule has 144 heavy (non-hydrogen) atoms. The quantitative estimate of drug-likeness (QED) is 0.0913. The van der Waals surface area contributed by atoms with Gasteiger partial charge in [0.15, 0.2) is 0 Å². The fraction of sp³-hybridized carbons (Fsp3) is 0.396. The summed E-state index contributed by atoms with van der Waals surface area (Å²) in [6.45, 7) is 14.6. The monoisotopic (exact) mass is 1960 g/mol. The number of benzene rings is 4. The standard InChI is InChI=1S/2C27H30N6O2.2C26H25F3N6O2/c2*1-16-12-21-20(6-5-7-22(21)29-24(16)19-13-28-32(4)14-19)25-23-15-31(3)27(34)17(2)33(23)26(30-25)18-8-10-35-11-9-18;2*1-33-13-20-22(32-25(14-6-8-37-9-7-14)35(20)24(29)26(33)36)16-4-3-5-19-17(16)10-18(23(27)28)21(31-19)15-11-30-34(2)12-15/h2*5-7,12-14,17-18H,8-11,15H2,1-4H3;2*3-5,10-12,14,23-24H,6-9,13H2,1-2H3/t2*17-;2*24-/m1010/s1. The molecule has 744 valence electrons. The number of carbonyl (C=O) groups excluding carboxylic acids is 4. The zero-order valence-electron chi connectivity index (χ0n) is 82.0. The molecule has 4 atom stereocenters. The molecule has 0 aliphatic carbocycles. The molecule has 32 nitrogen and oxygen atoms in total. The van der Waals surface area contributed by atoms with Crippen LogP contribution in [0, 0.1) is 13.8 Å². The Morgan fingerprint density at radius 3 is 0.819 bits per heavy atom. The third kappa shape index (κ3) is 17.5. The smallest absolute Gasteiger partial charge is 0.278 e. The third-order valence-electron chi connectivity index (χ3n) is 29.2. The second kappa shape index (κ2) is 39.0. The first-order chi connectivity index (χ1) is 69.5. The Kier molecular flexibility index (Phi) is 25.9. The lowest BCUT2D eigenvalue weighted by Crippen LogP contribution is -2.40. The number of alkyl halides is 6. The molecule has 0 unspecified atom stereocenters. The minimum atomic E-state index is -2.77. The Morgan fingerprint density at radius 1 is 0.312 bits per heavy atom. The zero-order chi connectivity index (χ0) is 100. The van der Waals surface area contributed by atoms with Crippen molar-refractivity contribution < 1.29 is 64.5 Å². The van der Waals surface area contributed by atoms with E-state index in [1.165, 1.54) is 52.8 Å². The van der Waals surface area contributed by atoms with Crippen LogP contribution in [0.25, 0.3) is 134 Å². The number of amides is 4. The minimum Gasteiger partial charge on any atom is -0.381 e. The first kappa shape index (κ1) is 95.7. The average molecular weight is 1960 g/mol. The molecule has 0 saturated carbocycles. The number of carbonyl (C=O) groups is 4. The normalized spacial score (nSPS) is 18.8. The number of imidazole rings is 4. The van der Waals surface area contributed by atoms with Gasteiger partial charge in [0.05, 0.1) is 141 Å². The van der Waals surface area contributed by atoms with Crippen molar-refractivity contribution in [2.24, 2.45) is 28.2 Å². The van der Waals surface area contributed by atoms with Crippen molar-refractivity contribution in [2.75, 3.05) is 81.0 Å². The Morgan fingerprint density at radius 2 is 0.556 bits per heavy atom. The highest BCUT2D eigenvalue weighted by molar-refractivity contribution is 6.01. The Bertz CT molecular complexity index is 7250. The van der Waals surface area contributed by atoms with Crippen LogP contribution < -0.4 is 0 Å². The molecule has 38 heteroatoms. The number of nitrogens with zero attached hydrogens (tertiary/aromatic N) is 24. The van der Waals surface area contributed by atoms with Gasteiger partial charge < -0.3 is 47.7 Å². The van der Waals surface area contributed by atoms with Crippen LogP contribution >= 0.6 is 0 Å². The lowest BCUT2D eigenvalue weighted by Gasteiger charge is -2.32. The van der Waals surface area contributed by atoms with E-state index >= 15 is 8.78 Å². The first-order valence-corrected chi connectivity index (χ1v) is 48.8. The van der Waals surface area contributed by atoms with Crippen molar-refractivity contribution in [1.29, 1.82) is 0 Å². The molecular weight excluding hydrogens is 1850 g/mol. The fourth-order valence-electron chi connectivity index (χ4n) is 21.8. The van der Waals surface area contributed by atoms with Gasteiger partial charge in [-0.3, -0.25) is 47.0 Å². The zero-order valence-corrected chi connectivity index (χ0v) is 82.0. The molecule has 0 spiro atoms. The summed E-state index contributed by atoms with van der Waals surface area (Å²) in [5.74, 6) is 2.45. The van der Waals surface area contributed by atoms with E-state index < -0.39 is 37.3 Å². The summed E-state index contributed by atoms with van der Waals surface area (Å²) in [6.07, 6.45) is 11.0. The van der Waals surface area contributed by atoms with Crippen molar-refractivity contribution in [3.8, 4) is 90.1 Å². The molecule has 0 bridgehead atoms. The summed E-state index contributed by atoms with van der Waals surface area (Å²) in [5.41, 5.74) is 19.2. The van der Waals surface area contributed by atoms with Gasteiger partial charge in [0.1, 0.15) is 35.4 Å². The second-order valence-electron chi connectivity index (χ2n) is 38.7. The number of hydrogen-bond acceptors (Lipinski definition) is 20. The van der Waals surface area contributed by atoms with Crippen molar-refractivity contribution in [1.82, 2.24) is 117 Å². The van der Waals surface area contributed by atoms with Gasteiger partial charge in [0.2, 0.25) is 11.8 Å². The fourth-order valence-corrected chi connectivity index (χ4v) is 21.8. The summed E-state index contributed by atoms with van der Waals surface area (Å²) in [5, 5.41) is 19.9. The molecule has 20 heterocycles. The highest BCUT2D eigenvalue weighted by atomic mass is 19.3. The average Bonchev–Trinajstić information content (AvgIpc) is 1.54. The SMILES string of the molecule is CN1Cc2c(-c3cccc4nc(-c5cnn(C)c5)c(C(F)F)cc34)nc(C3CCOCC3)n2[C@@H](F)C1=O.CN1Cc2c(-c3cccc4nc(-c5cnn(C)c5)c(C(F)F)cc34)nc(C3CCOCC3)n2[C@H](F)C1=O.Cc1cc2c(-c3nc(C4CCOCC4)n4c3CN(C)C(=O)[C@@H]4C)cccc2nc1-c1cnn(C)c1.Cc1cc2c(-c3nc(C4CCOCC4)n4c3CN(C)C(=O)[C@H]4C)cccc2nc1-c1cnn(C)c1. The van der Waals surface area contributed by atoms with Crippen LogP contribution in [0.5, 0.6) is 0 Å². The number of aryl methyl sites for hydroxylation is 6. The van der Waals surface area contributed by atoms with Crippen LogP contribution in [0.1, 0.15) is 195 Å². The summed E-state index contributed by atoms with van der Waals surface area (Å²) >= 11 is 0. The van der Waals surface area contributed by atoms with E-state index in [0.29, 0.717) is 156 Å². The number of halogens is 6. The highest BCUT2D eigenvalue weighted by Gasteiger charge is 2.44. The maximum absolute atomic E-state index is 15.5. The molecule has 24 rings (SSSR count). The molecule has 0 radical (unpaired) electrons. The summed E-state index contributed by atoms with van der Waals surface area (Å²) in [6, 6.07) is 29.9. The van der Waals surface area contributed by atoms with Gasteiger partial charge in [-0.05, 0) is 139 Å². The molecule has 4 saturated heterocycles. The van der Waals surface area contributed by atoms with Crippen LogP contribution in [-0.4, -0.2) is 222 Å². The molecular formula is C106H110F6N24O8. The molecule has 8 aliphatic heterocycles. The molecule has 8 aliphatic rings. The Balaban J connectivity index is 0.000000113. The lowest BCUT2D eigenvalue weighted by molar-refractivity contribution is -0.142. The van der Waals surface area contributed by atoms with E-state index in [1.807, 2.05) is 88.8 Å². The van der Waals surface area contributed by atoms with E-state index in [1.54, 1.807) is 86.3 Å². The van der Waals surface area contributed by atoms with Crippen molar-refractivity contribution >= 4 is 67.2 Å². The number of hydrogen-bond donors (Lipinski definition) is 0. The first-order valence-electron chi connectivity index (χ1n) is 48.8. The van der Waals surface area contributed by atoms with Gasteiger partial charge in [-0.2, -0.15) is 20.4 Å². The van der Waals surface area contributed by atoms with E-state index in [4.69, 9.17) is 48.9 Å². The Labute approximate surface area is 825 Å². The molecule has 12 aromatic heterocycles. The minimum absolute atomic E-state index is 0.0717. The number of fused-ring (bicyclic) bond motifs is 8. The predicted molar refractivity (Wildman–Crippen MR) is 527 cm³/mol. The van der Waals surface area contributed by atoms with E-state index in [0.717, 1.165) is 153 Å². The van der Waals surface area contributed by atoms with Gasteiger partial charge in [0, 0.05) is 235 Å². The lowest BCUT2D eigenvalue weighted by atomic mass is 9.98. The van der Waals surface area contributed by atoms with E-state index in [9.17, 15) is 36.7 Å². The number of ether oxygens (including phenoxy) is 4. The van der Waals surface area contributed by atoms with Crippen LogP contribution in [0.15, 0.2) is 147 Å². The van der Waals surface area contributed by atoms with Gasteiger partial charge >= 0.3 is 0 Å². The molecule has 4 aromatic carbocycles. The van der Waals surface area contributed by atoms with Crippen LogP contribution in [0.3, 0.4) is 0 Å². The molecule has 4 amide bonds. The predicted octanol–water partition coefficient (Wildman–Crippen LogP) is 18.0. The summed E-state index contributed by atoms with van der Waals surface area (Å²) in [7, 11) is 14.1. The Hall–Kier alpha value is -14.5. The molecule has 16 aromatic rings. The number of aromatic nitrogens is 20. The van der Waals surface area contributed by atoms with Gasteiger partial charge in [-0.25, -0.2) is 66.2 Å². The van der Waals surface area contributed by atoms with Gasteiger partial charge in [-0.15, -0.1) is 0 Å². The summed E-state index contributed by atoms with van der Waals surface area (Å²) in [4.78, 5) is 96.8. The van der Waals surface area contributed by atoms with Crippen LogP contribution in [0.4, 0.5) is 26.3 Å². The number of rotatable bonds is 14. The van der Waals surface area contributed by atoms with Crippen molar-refractivity contribution in [3.05, 3.63) is 215 Å². The van der Waals surface area contributed by atoms with Crippen molar-refractivity contribution in [3.63, 3.8) is 0 Å². The highest BCUT2D eigenvalue weighted by Crippen LogP contribution is 2.49. The van der Waals surface area contributed by atoms with E-state index in [-0.39, 0.29) is 71.3 Å². The largest absolute Gasteiger partial charge is 0.381 e. The van der Waals surface area contributed by atoms with Crippen LogP contribution in [-0.2, 0) is 92.5 Å². The third-order valence-corrected chi connectivity index (χ3v) is 29.2. The van der Waals surface area contributed by atoms with Gasteiger partial charge in [0.25, 0.3) is 37.3 Å². The van der Waals surface area contributed by atoms with Crippen LogP contribution in [0.2, 0.25) is 0 Å². The van der Waals surface area contributed by atoms with E-state index in [2.05, 4.69) is 89.7 Å². The molecule has 4 fully saturated rings. The molecule has 0 N–H and O–H groups in total. The topological polar surface area (TPSA) is 312 Å². The number of pyridine rings is 4. The maximum atomic E-state index is 15.5. The second-order valence-corrected chi connectivity index (χ2v) is 38.7. The summed E-state index contributed by atoms with van der Waals surface area (Å²) < 4.78 is 124.